The van der Waals surface area contributed by atoms with Gasteiger partial charge in [0.2, 0.25) is 0 Å². The van der Waals surface area contributed by atoms with Gasteiger partial charge in [0.05, 0.1) is 15.7 Å². The molecule has 0 saturated heterocycles. The van der Waals surface area contributed by atoms with Crippen molar-refractivity contribution in [2.45, 2.75) is 12.5 Å². The lowest BCUT2D eigenvalue weighted by molar-refractivity contribution is 0.173. The lowest BCUT2D eigenvalue weighted by Crippen LogP contribution is -2.04. The third-order valence-corrected chi connectivity index (χ3v) is 3.25. The molecule has 1 N–H and O–H groups in total. The molecule has 17 heavy (non-hydrogen) atoms. The van der Waals surface area contributed by atoms with Crippen LogP contribution in [-0.2, 0) is 6.42 Å². The first-order valence-corrected chi connectivity index (χ1v) is 5.81. The number of aliphatic hydroxyl groups is 1. The fourth-order valence-electron chi connectivity index (χ4n) is 1.52. The molecule has 0 spiro atoms. The van der Waals surface area contributed by atoms with Crippen LogP contribution >= 0.6 is 23.2 Å². The molecule has 1 aromatic heterocycles. The summed E-state index contributed by atoms with van der Waals surface area (Å²) in [6.45, 7) is 0. The van der Waals surface area contributed by atoms with Crippen LogP contribution in [-0.4, -0.2) is 15.1 Å². The van der Waals surface area contributed by atoms with Gasteiger partial charge in [0.1, 0.15) is 12.4 Å². The van der Waals surface area contributed by atoms with Crippen molar-refractivity contribution in [3.8, 4) is 0 Å². The Balaban J connectivity index is 2.19. The maximum Gasteiger partial charge on any atom is 0.115 e. The molecule has 2 aromatic rings. The van der Waals surface area contributed by atoms with E-state index in [0.29, 0.717) is 22.2 Å². The van der Waals surface area contributed by atoms with E-state index in [2.05, 4.69) is 9.97 Å². The predicted molar refractivity (Wildman–Crippen MR) is 67.2 cm³/mol. The smallest absolute Gasteiger partial charge is 0.115 e. The van der Waals surface area contributed by atoms with Crippen molar-refractivity contribution < 1.29 is 5.11 Å². The van der Waals surface area contributed by atoms with Crippen LogP contribution in [0.3, 0.4) is 0 Å². The molecule has 1 unspecified atom stereocenters. The van der Waals surface area contributed by atoms with E-state index in [4.69, 9.17) is 23.2 Å². The molecular formula is C12H10Cl2N2O. The van der Waals surface area contributed by atoms with Crippen molar-refractivity contribution in [3.05, 3.63) is 58.1 Å². The third kappa shape index (κ3) is 2.94. The zero-order chi connectivity index (χ0) is 12.3. The molecule has 2 rings (SSSR count). The summed E-state index contributed by atoms with van der Waals surface area (Å²) >= 11 is 12.0. The minimum absolute atomic E-state index is 0.371. The lowest BCUT2D eigenvalue weighted by Gasteiger charge is -2.11. The summed E-state index contributed by atoms with van der Waals surface area (Å²) in [6, 6.07) is 7.02. The molecule has 0 aliphatic rings. The summed E-state index contributed by atoms with van der Waals surface area (Å²) in [5.74, 6) is 0. The molecule has 0 fully saturated rings. The highest BCUT2D eigenvalue weighted by Gasteiger charge is 2.13. The predicted octanol–water partition coefficient (Wildman–Crippen LogP) is 3.06. The largest absolute Gasteiger partial charge is 0.386 e. The standard InChI is InChI=1S/C12H10Cl2N2O/c13-9-3-1-2-8(12(9)14)6-11(17)10-4-5-15-7-16-10/h1-5,7,11,17H,6H2. The van der Waals surface area contributed by atoms with E-state index < -0.39 is 6.10 Å². The third-order valence-electron chi connectivity index (χ3n) is 2.39. The van der Waals surface area contributed by atoms with Gasteiger partial charge in [-0.15, -0.1) is 0 Å². The Morgan fingerprint density at radius 2 is 2.06 bits per heavy atom. The first-order chi connectivity index (χ1) is 8.18. The van der Waals surface area contributed by atoms with E-state index in [1.54, 1.807) is 24.4 Å². The summed E-state index contributed by atoms with van der Waals surface area (Å²) in [6.07, 6.45) is 2.65. The number of rotatable bonds is 3. The molecule has 0 aliphatic heterocycles. The van der Waals surface area contributed by atoms with Crippen molar-refractivity contribution in [1.82, 2.24) is 9.97 Å². The van der Waals surface area contributed by atoms with Crippen LogP contribution in [0.2, 0.25) is 10.0 Å². The van der Waals surface area contributed by atoms with Crippen molar-refractivity contribution >= 4 is 23.2 Å². The Kier molecular flexibility index (Phi) is 3.94. The van der Waals surface area contributed by atoms with E-state index in [1.807, 2.05) is 6.07 Å². The maximum absolute atomic E-state index is 10.00. The van der Waals surface area contributed by atoms with Gasteiger partial charge in [-0.2, -0.15) is 0 Å². The van der Waals surface area contributed by atoms with E-state index in [-0.39, 0.29) is 0 Å². The summed E-state index contributed by atoms with van der Waals surface area (Å²) in [4.78, 5) is 7.79. The van der Waals surface area contributed by atoms with Crippen LogP contribution in [0.25, 0.3) is 0 Å². The highest BCUT2D eigenvalue weighted by atomic mass is 35.5. The first-order valence-electron chi connectivity index (χ1n) is 5.05. The molecule has 5 heteroatoms. The SMILES string of the molecule is OC(Cc1cccc(Cl)c1Cl)c1ccncn1. The molecule has 0 bridgehead atoms. The second-order valence-electron chi connectivity index (χ2n) is 3.57. The zero-order valence-corrected chi connectivity index (χ0v) is 10.4. The van der Waals surface area contributed by atoms with Crippen LogP contribution in [0, 0.1) is 0 Å². The molecule has 3 nitrogen and oxygen atoms in total. The minimum Gasteiger partial charge on any atom is -0.386 e. The van der Waals surface area contributed by atoms with Crippen LogP contribution in [0.1, 0.15) is 17.4 Å². The zero-order valence-electron chi connectivity index (χ0n) is 8.85. The highest BCUT2D eigenvalue weighted by molar-refractivity contribution is 6.42. The Bertz CT molecular complexity index is 505. The number of nitrogens with zero attached hydrogens (tertiary/aromatic N) is 2. The van der Waals surface area contributed by atoms with Crippen LogP contribution in [0.4, 0.5) is 0 Å². The Morgan fingerprint density at radius 3 is 2.76 bits per heavy atom. The fourth-order valence-corrected chi connectivity index (χ4v) is 1.91. The van der Waals surface area contributed by atoms with Gasteiger partial charge in [-0.3, -0.25) is 0 Å². The second kappa shape index (κ2) is 5.45. The number of benzene rings is 1. The van der Waals surface area contributed by atoms with E-state index in [9.17, 15) is 5.11 Å². The van der Waals surface area contributed by atoms with Gasteiger partial charge >= 0.3 is 0 Å². The minimum atomic E-state index is -0.714. The van der Waals surface area contributed by atoms with Crippen molar-refractivity contribution in [2.24, 2.45) is 0 Å². The first kappa shape index (κ1) is 12.3. The Labute approximate surface area is 109 Å². The lowest BCUT2D eigenvalue weighted by atomic mass is 10.1. The summed E-state index contributed by atoms with van der Waals surface area (Å²) in [7, 11) is 0. The fraction of sp³-hybridized carbons (Fsp3) is 0.167. The number of halogens is 2. The maximum atomic E-state index is 10.00. The average Bonchev–Trinajstić information content (AvgIpc) is 2.36. The van der Waals surface area contributed by atoms with Crippen molar-refractivity contribution in [2.75, 3.05) is 0 Å². The van der Waals surface area contributed by atoms with Crippen molar-refractivity contribution in [1.29, 1.82) is 0 Å². The number of hydrogen-bond acceptors (Lipinski definition) is 3. The van der Waals surface area contributed by atoms with Gasteiger partial charge < -0.3 is 5.11 Å². The van der Waals surface area contributed by atoms with E-state index in [1.165, 1.54) is 6.33 Å². The summed E-state index contributed by atoms with van der Waals surface area (Å²) in [5.41, 5.74) is 1.36. The van der Waals surface area contributed by atoms with Crippen LogP contribution in [0.15, 0.2) is 36.8 Å². The molecule has 0 amide bonds. The Morgan fingerprint density at radius 1 is 1.24 bits per heavy atom. The van der Waals surface area contributed by atoms with Gasteiger partial charge in [0.15, 0.2) is 0 Å². The topological polar surface area (TPSA) is 46.0 Å². The van der Waals surface area contributed by atoms with Gasteiger partial charge in [-0.1, -0.05) is 35.3 Å². The molecule has 1 atom stereocenters. The molecular weight excluding hydrogens is 259 g/mol. The Hall–Kier alpha value is -1.16. The number of aliphatic hydroxyl groups excluding tert-OH is 1. The van der Waals surface area contributed by atoms with Gasteiger partial charge in [0, 0.05) is 12.6 Å². The van der Waals surface area contributed by atoms with Gasteiger partial charge in [-0.25, -0.2) is 9.97 Å². The summed E-state index contributed by atoms with van der Waals surface area (Å²) in [5, 5.41) is 11.0. The normalized spacial score (nSPS) is 12.4. The monoisotopic (exact) mass is 268 g/mol. The van der Waals surface area contributed by atoms with Crippen molar-refractivity contribution in [3.63, 3.8) is 0 Å². The number of hydrogen-bond donors (Lipinski definition) is 1. The molecule has 1 aromatic carbocycles. The summed E-state index contributed by atoms with van der Waals surface area (Å²) < 4.78 is 0. The number of aromatic nitrogens is 2. The molecule has 0 saturated carbocycles. The van der Waals surface area contributed by atoms with E-state index in [0.717, 1.165) is 5.56 Å². The molecule has 0 radical (unpaired) electrons. The van der Waals surface area contributed by atoms with Crippen LogP contribution < -0.4 is 0 Å². The highest BCUT2D eigenvalue weighted by Crippen LogP contribution is 2.28. The molecule has 88 valence electrons. The quantitative estimate of drug-likeness (QED) is 0.931. The average molecular weight is 269 g/mol. The van der Waals surface area contributed by atoms with Crippen LogP contribution in [0.5, 0.6) is 0 Å². The molecule has 0 aliphatic carbocycles. The van der Waals surface area contributed by atoms with Gasteiger partial charge in [-0.05, 0) is 17.7 Å². The second-order valence-corrected chi connectivity index (χ2v) is 4.35. The van der Waals surface area contributed by atoms with E-state index >= 15 is 0 Å². The van der Waals surface area contributed by atoms with Gasteiger partial charge in [0.25, 0.3) is 0 Å². The molecule has 1 heterocycles.